The number of benzene rings is 2. The summed E-state index contributed by atoms with van der Waals surface area (Å²) in [6.07, 6.45) is -0.219. The zero-order valence-corrected chi connectivity index (χ0v) is 14.3. The molecule has 0 atom stereocenters. The van der Waals surface area contributed by atoms with Crippen LogP contribution in [0.25, 0.3) is 0 Å². The summed E-state index contributed by atoms with van der Waals surface area (Å²) in [6, 6.07) is 14.8. The Bertz CT molecular complexity index is 779. The summed E-state index contributed by atoms with van der Waals surface area (Å²) in [5, 5.41) is 10.8. The Labute approximate surface area is 145 Å². The fourth-order valence-corrected chi connectivity index (χ4v) is 3.66. The summed E-state index contributed by atoms with van der Waals surface area (Å²) < 4.78 is 26.8. The lowest BCUT2D eigenvalue weighted by atomic mass is 10.2. The minimum atomic E-state index is -3.83. The molecule has 0 saturated heterocycles. The Balaban J connectivity index is 2.29. The van der Waals surface area contributed by atoms with Gasteiger partial charge < -0.3 is 10.7 Å². The topological polar surface area (TPSA) is 89.5 Å². The van der Waals surface area contributed by atoms with E-state index in [0.29, 0.717) is 5.02 Å². The molecule has 128 valence electrons. The van der Waals surface area contributed by atoms with Crippen LogP contribution in [0.3, 0.4) is 0 Å². The van der Waals surface area contributed by atoms with Gasteiger partial charge in [-0.15, -0.1) is 0 Å². The summed E-state index contributed by atoms with van der Waals surface area (Å²) in [4.78, 5) is 11.3. The molecule has 1 N–H and O–H groups in total. The second-order valence-corrected chi connectivity index (χ2v) is 7.43. The first-order valence-corrected chi connectivity index (χ1v) is 8.96. The van der Waals surface area contributed by atoms with Crippen LogP contribution in [0.5, 0.6) is 0 Å². The molecule has 0 fully saturated rings. The van der Waals surface area contributed by atoms with Gasteiger partial charge in [0, 0.05) is 24.5 Å². The molecule has 6 nitrogen and oxygen atoms in total. The van der Waals surface area contributed by atoms with Crippen LogP contribution in [0.4, 0.5) is 0 Å². The number of carbonyl (C=O) groups is 1. The molecule has 0 unspecified atom stereocenters. The van der Waals surface area contributed by atoms with Crippen molar-refractivity contribution in [3.05, 3.63) is 70.4 Å². The third-order valence-corrected chi connectivity index (χ3v) is 5.47. The van der Waals surface area contributed by atoms with E-state index in [1.54, 1.807) is 24.3 Å². The molecule has 0 aliphatic rings. The summed E-state index contributed by atoms with van der Waals surface area (Å²) >= 11 is 5.80. The second-order valence-electron chi connectivity index (χ2n) is 5.05. The minimum Gasteiger partial charge on any atom is -0.759 e. The average molecular weight is 368 g/mol. The molecule has 1 amide bonds. The fraction of sp³-hybridized carbons (Fsp3) is 0.188. The molecular formula is C16H16ClN2O4S-. The van der Waals surface area contributed by atoms with Gasteiger partial charge in [-0.1, -0.05) is 41.9 Å². The van der Waals surface area contributed by atoms with Crippen LogP contribution in [0.1, 0.15) is 12.0 Å². The molecule has 0 aromatic heterocycles. The van der Waals surface area contributed by atoms with Crippen molar-refractivity contribution in [2.24, 2.45) is 0 Å². The van der Waals surface area contributed by atoms with Crippen molar-refractivity contribution in [1.82, 2.24) is 9.79 Å². The molecule has 8 heteroatoms. The molecular weight excluding hydrogens is 352 g/mol. The van der Waals surface area contributed by atoms with E-state index < -0.39 is 15.9 Å². The van der Waals surface area contributed by atoms with Crippen molar-refractivity contribution < 1.29 is 13.2 Å². The van der Waals surface area contributed by atoms with Crippen molar-refractivity contribution in [3.63, 3.8) is 0 Å². The third-order valence-electron chi connectivity index (χ3n) is 3.36. The standard InChI is InChI=1S/C16H16ClN2O4S/c17-14-6-8-15(9-7-14)24(22,23)19(11-10-16(20)18-21)12-13-4-2-1-3-5-13/h1-9H,10-12H2,(H-,18,20,21)/q-1. The van der Waals surface area contributed by atoms with Crippen molar-refractivity contribution in [3.8, 4) is 0 Å². The van der Waals surface area contributed by atoms with Gasteiger partial charge >= 0.3 is 0 Å². The molecule has 0 bridgehead atoms. The van der Waals surface area contributed by atoms with E-state index in [1.807, 2.05) is 6.07 Å². The van der Waals surface area contributed by atoms with Crippen LogP contribution in [-0.2, 0) is 21.4 Å². The van der Waals surface area contributed by atoms with Crippen molar-refractivity contribution in [2.45, 2.75) is 17.9 Å². The molecule has 2 rings (SSSR count). The van der Waals surface area contributed by atoms with Gasteiger partial charge in [-0.3, -0.25) is 4.79 Å². The Morgan fingerprint density at radius 2 is 1.71 bits per heavy atom. The van der Waals surface area contributed by atoms with E-state index in [-0.39, 0.29) is 24.4 Å². The summed E-state index contributed by atoms with van der Waals surface area (Å²) in [5.74, 6) is -0.764. The lowest BCUT2D eigenvalue weighted by molar-refractivity contribution is -0.120. The summed E-state index contributed by atoms with van der Waals surface area (Å²) in [5.41, 5.74) is 2.03. The maximum Gasteiger partial charge on any atom is 0.243 e. The molecule has 2 aromatic rings. The number of sulfonamides is 1. The van der Waals surface area contributed by atoms with Gasteiger partial charge in [0.25, 0.3) is 0 Å². The van der Waals surface area contributed by atoms with Crippen LogP contribution in [0, 0.1) is 5.21 Å². The lowest BCUT2D eigenvalue weighted by Crippen LogP contribution is -2.34. The van der Waals surface area contributed by atoms with Crippen LogP contribution >= 0.6 is 11.6 Å². The number of amides is 1. The first-order chi connectivity index (χ1) is 11.4. The van der Waals surface area contributed by atoms with Gasteiger partial charge in [0.2, 0.25) is 15.9 Å². The van der Waals surface area contributed by atoms with E-state index >= 15 is 0 Å². The SMILES string of the molecule is O=C(CCN(Cc1ccccc1)S(=O)(=O)c1ccc(Cl)cc1)N[O-]. The fourth-order valence-electron chi connectivity index (χ4n) is 2.10. The zero-order valence-electron chi connectivity index (χ0n) is 12.7. The monoisotopic (exact) mass is 367 g/mol. The van der Waals surface area contributed by atoms with Crippen molar-refractivity contribution in [1.29, 1.82) is 0 Å². The summed E-state index contributed by atoms with van der Waals surface area (Å²) in [6.45, 7) is -0.00807. The van der Waals surface area contributed by atoms with E-state index in [0.717, 1.165) is 5.56 Å². The molecule has 2 aromatic carbocycles. The predicted octanol–water partition coefficient (Wildman–Crippen LogP) is 2.54. The maximum absolute atomic E-state index is 12.8. The van der Waals surface area contributed by atoms with Crippen LogP contribution in [0.2, 0.25) is 5.02 Å². The number of rotatable bonds is 7. The van der Waals surface area contributed by atoms with E-state index in [1.165, 1.54) is 34.1 Å². The van der Waals surface area contributed by atoms with Crippen molar-refractivity contribution in [2.75, 3.05) is 6.54 Å². The summed E-state index contributed by atoms with van der Waals surface area (Å²) in [7, 11) is -3.83. The Morgan fingerprint density at radius 1 is 1.08 bits per heavy atom. The van der Waals surface area contributed by atoms with Crippen molar-refractivity contribution >= 4 is 27.5 Å². The maximum atomic E-state index is 12.8. The second kappa shape index (κ2) is 8.25. The Kier molecular flexibility index (Phi) is 6.33. The largest absolute Gasteiger partial charge is 0.759 e. The normalized spacial score (nSPS) is 11.5. The number of halogens is 1. The average Bonchev–Trinajstić information content (AvgIpc) is 2.59. The Hall–Kier alpha value is -1.93. The van der Waals surface area contributed by atoms with Gasteiger partial charge in [-0.25, -0.2) is 8.42 Å². The highest BCUT2D eigenvalue weighted by Crippen LogP contribution is 2.20. The smallest absolute Gasteiger partial charge is 0.243 e. The predicted molar refractivity (Wildman–Crippen MR) is 91.6 cm³/mol. The van der Waals surface area contributed by atoms with E-state index in [4.69, 9.17) is 11.6 Å². The van der Waals surface area contributed by atoms with Gasteiger partial charge in [-0.2, -0.15) is 4.31 Å². The molecule has 0 aliphatic heterocycles. The lowest BCUT2D eigenvalue weighted by Gasteiger charge is -2.22. The van der Waals surface area contributed by atoms with Crippen LogP contribution < -0.4 is 5.48 Å². The quantitative estimate of drug-likeness (QED) is 0.761. The number of carbonyl (C=O) groups excluding carboxylic acids is 1. The highest BCUT2D eigenvalue weighted by atomic mass is 35.5. The number of nitrogens with zero attached hydrogens (tertiary/aromatic N) is 1. The number of nitrogens with one attached hydrogen (secondary N) is 1. The highest BCUT2D eigenvalue weighted by Gasteiger charge is 2.25. The number of hydrogen-bond acceptors (Lipinski definition) is 4. The van der Waals surface area contributed by atoms with Gasteiger partial charge in [-0.05, 0) is 29.8 Å². The molecule has 24 heavy (non-hydrogen) atoms. The molecule has 0 saturated carbocycles. The van der Waals surface area contributed by atoms with E-state index in [9.17, 15) is 18.4 Å². The Morgan fingerprint density at radius 3 is 2.29 bits per heavy atom. The van der Waals surface area contributed by atoms with Crippen LogP contribution in [-0.4, -0.2) is 25.2 Å². The third kappa shape index (κ3) is 4.78. The zero-order chi connectivity index (χ0) is 17.6. The molecule has 0 aliphatic carbocycles. The first-order valence-electron chi connectivity index (χ1n) is 7.14. The molecule has 0 spiro atoms. The van der Waals surface area contributed by atoms with Crippen LogP contribution in [0.15, 0.2) is 59.5 Å². The highest BCUT2D eigenvalue weighted by molar-refractivity contribution is 7.89. The molecule has 0 heterocycles. The van der Waals surface area contributed by atoms with Gasteiger partial charge in [0.1, 0.15) is 0 Å². The minimum absolute atomic E-state index is 0.0744. The van der Waals surface area contributed by atoms with Gasteiger partial charge in [0.15, 0.2) is 0 Å². The first kappa shape index (κ1) is 18.4. The number of hydrogen-bond donors (Lipinski definition) is 1. The van der Waals surface area contributed by atoms with Gasteiger partial charge in [0.05, 0.1) is 4.90 Å². The molecule has 0 radical (unpaired) electrons. The van der Waals surface area contributed by atoms with E-state index in [2.05, 4.69) is 0 Å². The number of hydroxylamine groups is 1.